The third-order valence-corrected chi connectivity index (χ3v) is 4.02. The van der Waals surface area contributed by atoms with E-state index in [2.05, 4.69) is 15.8 Å². The molecule has 2 aromatic rings. The average molecular weight is 365 g/mol. The SMILES string of the molecule is C[C@@H]1CC(=O)NN=C1c1ccc(Nc2ccc(C(F)(F)F)cc2F)cc1. The molecule has 1 amide bonds. The number of amides is 1. The van der Waals surface area contributed by atoms with Gasteiger partial charge in [-0.3, -0.25) is 4.79 Å². The second kappa shape index (κ2) is 6.78. The molecule has 26 heavy (non-hydrogen) atoms. The summed E-state index contributed by atoms with van der Waals surface area (Å²) in [6.45, 7) is 1.89. The minimum Gasteiger partial charge on any atom is -0.353 e. The number of anilines is 2. The van der Waals surface area contributed by atoms with Crippen molar-refractivity contribution in [3.05, 3.63) is 59.4 Å². The molecule has 136 valence electrons. The number of nitrogens with zero attached hydrogens (tertiary/aromatic N) is 1. The van der Waals surface area contributed by atoms with E-state index in [1.54, 1.807) is 24.3 Å². The number of hydrogen-bond acceptors (Lipinski definition) is 3. The lowest BCUT2D eigenvalue weighted by Crippen LogP contribution is -2.31. The summed E-state index contributed by atoms with van der Waals surface area (Å²) >= 11 is 0. The van der Waals surface area contributed by atoms with Crippen molar-refractivity contribution in [1.82, 2.24) is 5.43 Å². The van der Waals surface area contributed by atoms with Gasteiger partial charge in [-0.1, -0.05) is 19.1 Å². The maximum absolute atomic E-state index is 13.9. The molecule has 0 aliphatic carbocycles. The number of rotatable bonds is 3. The number of hydrazone groups is 1. The zero-order valence-corrected chi connectivity index (χ0v) is 13.7. The van der Waals surface area contributed by atoms with Gasteiger partial charge in [0.2, 0.25) is 5.91 Å². The van der Waals surface area contributed by atoms with E-state index < -0.39 is 17.6 Å². The van der Waals surface area contributed by atoms with Gasteiger partial charge in [0.25, 0.3) is 0 Å². The molecule has 0 fully saturated rings. The molecule has 4 nitrogen and oxygen atoms in total. The standard InChI is InChI=1S/C18H15F4N3O/c1-10-8-16(26)24-25-17(10)11-2-5-13(6-3-11)23-15-7-4-12(9-14(15)19)18(20,21)22/h2-7,9-10,23H,8H2,1H3,(H,24,26)/t10-/m1/s1. The highest BCUT2D eigenvalue weighted by atomic mass is 19.4. The molecule has 3 rings (SSSR count). The molecule has 1 aliphatic rings. The summed E-state index contributed by atoms with van der Waals surface area (Å²) < 4.78 is 51.6. The van der Waals surface area contributed by atoms with Crippen LogP contribution >= 0.6 is 0 Å². The van der Waals surface area contributed by atoms with Gasteiger partial charge < -0.3 is 5.32 Å². The fourth-order valence-corrected chi connectivity index (χ4v) is 2.67. The van der Waals surface area contributed by atoms with Crippen LogP contribution in [-0.2, 0) is 11.0 Å². The van der Waals surface area contributed by atoms with Crippen LogP contribution in [-0.4, -0.2) is 11.6 Å². The van der Waals surface area contributed by atoms with E-state index in [0.29, 0.717) is 18.2 Å². The van der Waals surface area contributed by atoms with Crippen LogP contribution in [0.15, 0.2) is 47.6 Å². The first-order valence-corrected chi connectivity index (χ1v) is 7.84. The normalized spacial score (nSPS) is 17.5. The predicted octanol–water partition coefficient (Wildman–Crippen LogP) is 4.45. The number of benzene rings is 2. The molecule has 2 aromatic carbocycles. The quantitative estimate of drug-likeness (QED) is 0.790. The zero-order chi connectivity index (χ0) is 18.9. The van der Waals surface area contributed by atoms with E-state index in [-0.39, 0.29) is 17.5 Å². The molecular formula is C18H15F4N3O. The molecule has 1 heterocycles. The Bertz CT molecular complexity index is 860. The summed E-state index contributed by atoms with van der Waals surface area (Å²) in [6.07, 6.45) is -4.25. The maximum atomic E-state index is 13.9. The average Bonchev–Trinajstić information content (AvgIpc) is 2.57. The smallest absolute Gasteiger partial charge is 0.353 e. The second-order valence-electron chi connectivity index (χ2n) is 6.03. The van der Waals surface area contributed by atoms with Crippen LogP contribution in [0.2, 0.25) is 0 Å². The summed E-state index contributed by atoms with van der Waals surface area (Å²) in [5.74, 6) is -1.16. The summed E-state index contributed by atoms with van der Waals surface area (Å²) in [4.78, 5) is 11.3. The van der Waals surface area contributed by atoms with Gasteiger partial charge in [0, 0.05) is 18.0 Å². The first-order valence-electron chi connectivity index (χ1n) is 7.84. The fraction of sp³-hybridized carbons (Fsp3) is 0.222. The van der Waals surface area contributed by atoms with Crippen molar-refractivity contribution < 1.29 is 22.4 Å². The number of alkyl halides is 3. The molecule has 8 heteroatoms. The molecule has 1 atom stereocenters. The minimum atomic E-state index is -4.59. The van der Waals surface area contributed by atoms with Gasteiger partial charge >= 0.3 is 6.18 Å². The molecule has 0 unspecified atom stereocenters. The molecular weight excluding hydrogens is 350 g/mol. The highest BCUT2D eigenvalue weighted by Gasteiger charge is 2.31. The first kappa shape index (κ1) is 17.9. The largest absolute Gasteiger partial charge is 0.416 e. The van der Waals surface area contributed by atoms with Crippen LogP contribution < -0.4 is 10.7 Å². The van der Waals surface area contributed by atoms with Gasteiger partial charge in [-0.05, 0) is 35.9 Å². The van der Waals surface area contributed by atoms with E-state index in [4.69, 9.17) is 0 Å². The van der Waals surface area contributed by atoms with Crippen LogP contribution in [0.3, 0.4) is 0 Å². The summed E-state index contributed by atoms with van der Waals surface area (Å²) in [5, 5.41) is 6.80. The van der Waals surface area contributed by atoms with Gasteiger partial charge in [0.1, 0.15) is 5.82 Å². The Labute approximate surface area is 146 Å². The van der Waals surface area contributed by atoms with E-state index in [1.165, 1.54) is 0 Å². The van der Waals surface area contributed by atoms with Crippen molar-refractivity contribution in [3.63, 3.8) is 0 Å². The van der Waals surface area contributed by atoms with Gasteiger partial charge in [0.15, 0.2) is 0 Å². The molecule has 0 spiro atoms. The monoisotopic (exact) mass is 365 g/mol. The lowest BCUT2D eigenvalue weighted by Gasteiger charge is -2.19. The molecule has 0 saturated heterocycles. The van der Waals surface area contributed by atoms with Crippen LogP contribution in [0, 0.1) is 11.7 Å². The maximum Gasteiger partial charge on any atom is 0.416 e. The lowest BCUT2D eigenvalue weighted by molar-refractivity contribution is -0.137. The van der Waals surface area contributed by atoms with Crippen molar-refractivity contribution in [2.45, 2.75) is 19.5 Å². The van der Waals surface area contributed by atoms with Crippen molar-refractivity contribution in [1.29, 1.82) is 0 Å². The van der Waals surface area contributed by atoms with Crippen molar-refractivity contribution in [2.75, 3.05) is 5.32 Å². The Balaban J connectivity index is 1.77. The van der Waals surface area contributed by atoms with E-state index in [9.17, 15) is 22.4 Å². The van der Waals surface area contributed by atoms with Crippen molar-refractivity contribution in [2.24, 2.45) is 11.0 Å². The number of halogens is 4. The Morgan fingerprint density at radius 1 is 1.15 bits per heavy atom. The summed E-state index contributed by atoms with van der Waals surface area (Å²) in [7, 11) is 0. The number of carbonyl (C=O) groups excluding carboxylic acids is 1. The Hall–Kier alpha value is -2.90. The Morgan fingerprint density at radius 2 is 1.85 bits per heavy atom. The van der Waals surface area contributed by atoms with Crippen LogP contribution in [0.1, 0.15) is 24.5 Å². The summed E-state index contributed by atoms with van der Waals surface area (Å²) in [5.41, 5.74) is 3.39. The fourth-order valence-electron chi connectivity index (χ4n) is 2.67. The van der Waals surface area contributed by atoms with Gasteiger partial charge in [0.05, 0.1) is 17.0 Å². The summed E-state index contributed by atoms with van der Waals surface area (Å²) in [6, 6.07) is 9.15. The van der Waals surface area contributed by atoms with Crippen molar-refractivity contribution >= 4 is 23.0 Å². The van der Waals surface area contributed by atoms with Gasteiger partial charge in [-0.15, -0.1) is 0 Å². The number of hydrogen-bond donors (Lipinski definition) is 2. The Morgan fingerprint density at radius 3 is 2.42 bits per heavy atom. The van der Waals surface area contributed by atoms with Gasteiger partial charge in [-0.25, -0.2) is 9.82 Å². The van der Waals surface area contributed by atoms with E-state index >= 15 is 0 Å². The molecule has 2 N–H and O–H groups in total. The highest BCUT2D eigenvalue weighted by Crippen LogP contribution is 2.32. The second-order valence-corrected chi connectivity index (χ2v) is 6.03. The molecule has 0 bridgehead atoms. The molecule has 0 radical (unpaired) electrons. The Kier molecular flexibility index (Phi) is 4.67. The van der Waals surface area contributed by atoms with Crippen LogP contribution in [0.5, 0.6) is 0 Å². The predicted molar refractivity (Wildman–Crippen MR) is 89.6 cm³/mol. The molecule has 1 aliphatic heterocycles. The van der Waals surface area contributed by atoms with Crippen LogP contribution in [0.25, 0.3) is 0 Å². The lowest BCUT2D eigenvalue weighted by atomic mass is 9.94. The van der Waals surface area contributed by atoms with Crippen molar-refractivity contribution in [3.8, 4) is 0 Å². The van der Waals surface area contributed by atoms with Gasteiger partial charge in [-0.2, -0.15) is 18.3 Å². The number of carbonyl (C=O) groups is 1. The topological polar surface area (TPSA) is 53.5 Å². The minimum absolute atomic E-state index is 0.0325. The third kappa shape index (κ3) is 3.84. The third-order valence-electron chi connectivity index (χ3n) is 4.02. The highest BCUT2D eigenvalue weighted by molar-refractivity contribution is 6.05. The zero-order valence-electron chi connectivity index (χ0n) is 13.7. The molecule has 0 aromatic heterocycles. The molecule has 0 saturated carbocycles. The van der Waals surface area contributed by atoms with Crippen LogP contribution in [0.4, 0.5) is 28.9 Å². The van der Waals surface area contributed by atoms with E-state index in [1.807, 2.05) is 6.92 Å². The first-order chi connectivity index (χ1) is 12.2. The van der Waals surface area contributed by atoms with E-state index in [0.717, 1.165) is 23.4 Å². The number of nitrogens with one attached hydrogen (secondary N) is 2.